The van der Waals surface area contributed by atoms with Gasteiger partial charge in [-0.15, -0.1) is 0 Å². The van der Waals surface area contributed by atoms with Gasteiger partial charge in [-0.05, 0) is 32.2 Å². The van der Waals surface area contributed by atoms with E-state index in [9.17, 15) is 4.39 Å². The van der Waals surface area contributed by atoms with E-state index in [2.05, 4.69) is 31.4 Å². The first-order chi connectivity index (χ1) is 8.60. The summed E-state index contributed by atoms with van der Waals surface area (Å²) < 4.78 is 19.1. The van der Waals surface area contributed by atoms with Crippen molar-refractivity contribution in [2.45, 2.75) is 19.4 Å². The fourth-order valence-corrected chi connectivity index (χ4v) is 1.90. The van der Waals surface area contributed by atoms with Gasteiger partial charge in [-0.1, -0.05) is 21.1 Å². The Balaban J connectivity index is 2.26. The number of aromatic nitrogens is 2. The molecule has 0 aliphatic rings. The number of likely N-dealkylation sites (N-methyl/N-ethyl adjacent to an activating group) is 1. The van der Waals surface area contributed by atoms with E-state index in [-0.39, 0.29) is 11.9 Å². The Bertz CT molecular complexity index is 544. The maximum absolute atomic E-state index is 13.2. The first-order valence-corrected chi connectivity index (χ1v) is 6.34. The fourth-order valence-electron chi connectivity index (χ4n) is 1.48. The summed E-state index contributed by atoms with van der Waals surface area (Å²) in [5.74, 6) is 0.589. The third-order valence-corrected chi connectivity index (χ3v) is 3.30. The second-order valence-corrected chi connectivity index (χ2v) is 4.88. The molecule has 0 radical (unpaired) electrons. The highest BCUT2D eigenvalue weighted by Gasteiger charge is 2.13. The molecule has 1 heterocycles. The minimum absolute atomic E-state index is 0.245. The molecule has 0 spiro atoms. The Morgan fingerprint density at radius 3 is 3.00 bits per heavy atom. The van der Waals surface area contributed by atoms with Crippen LogP contribution in [0.1, 0.15) is 12.8 Å². The van der Waals surface area contributed by atoms with Crippen molar-refractivity contribution in [2.24, 2.45) is 0 Å². The first kappa shape index (κ1) is 13.2. The van der Waals surface area contributed by atoms with Gasteiger partial charge in [0.15, 0.2) is 0 Å². The van der Waals surface area contributed by atoms with E-state index in [0.29, 0.717) is 23.7 Å². The maximum atomic E-state index is 13.2. The third-order valence-electron chi connectivity index (χ3n) is 2.61. The van der Waals surface area contributed by atoms with Crippen LogP contribution in [0.2, 0.25) is 0 Å². The average Bonchev–Trinajstić information content (AvgIpc) is 2.80. The molecule has 2 rings (SSSR count). The lowest BCUT2D eigenvalue weighted by atomic mass is 10.2. The van der Waals surface area contributed by atoms with Crippen LogP contribution in [0.15, 0.2) is 27.2 Å². The molecule has 0 saturated carbocycles. The molecule has 4 nitrogen and oxygen atoms in total. The highest BCUT2D eigenvalue weighted by molar-refractivity contribution is 9.10. The molecule has 1 aromatic carbocycles. The molecule has 0 aliphatic carbocycles. The van der Waals surface area contributed by atoms with E-state index in [0.717, 1.165) is 4.47 Å². The zero-order chi connectivity index (χ0) is 13.1. The van der Waals surface area contributed by atoms with E-state index < -0.39 is 0 Å². The standard InChI is InChI=1S/C12H13BrFN3O/c1-7(15-2)5-11-16-12(17-18-11)9-6-8(14)3-4-10(9)13/h3-4,6-7,15H,5H2,1-2H3. The third kappa shape index (κ3) is 2.94. The van der Waals surface area contributed by atoms with Crippen molar-refractivity contribution >= 4 is 15.9 Å². The van der Waals surface area contributed by atoms with Gasteiger partial charge >= 0.3 is 0 Å². The largest absolute Gasteiger partial charge is 0.339 e. The molecule has 0 saturated heterocycles. The van der Waals surface area contributed by atoms with Gasteiger partial charge in [0.1, 0.15) is 5.82 Å². The molecular formula is C12H13BrFN3O. The summed E-state index contributed by atoms with van der Waals surface area (Å²) in [4.78, 5) is 4.26. The highest BCUT2D eigenvalue weighted by Crippen LogP contribution is 2.26. The van der Waals surface area contributed by atoms with Crippen molar-refractivity contribution in [1.29, 1.82) is 0 Å². The number of nitrogens with zero attached hydrogens (tertiary/aromatic N) is 2. The van der Waals surface area contributed by atoms with Gasteiger partial charge < -0.3 is 9.84 Å². The van der Waals surface area contributed by atoms with Crippen molar-refractivity contribution in [3.63, 3.8) is 0 Å². The summed E-state index contributed by atoms with van der Waals surface area (Å²) in [5.41, 5.74) is 0.585. The lowest BCUT2D eigenvalue weighted by Gasteiger charge is -2.04. The number of nitrogens with one attached hydrogen (secondary N) is 1. The van der Waals surface area contributed by atoms with Gasteiger partial charge in [-0.2, -0.15) is 4.98 Å². The monoisotopic (exact) mass is 313 g/mol. The quantitative estimate of drug-likeness (QED) is 0.943. The van der Waals surface area contributed by atoms with Crippen LogP contribution in [-0.2, 0) is 6.42 Å². The first-order valence-electron chi connectivity index (χ1n) is 5.55. The second-order valence-electron chi connectivity index (χ2n) is 4.03. The Labute approximate surface area is 113 Å². The van der Waals surface area contributed by atoms with Gasteiger partial charge in [0, 0.05) is 22.5 Å². The summed E-state index contributed by atoms with van der Waals surface area (Å²) in [5, 5.41) is 6.95. The molecule has 6 heteroatoms. The van der Waals surface area contributed by atoms with Crippen LogP contribution in [0.25, 0.3) is 11.4 Å². The highest BCUT2D eigenvalue weighted by atomic mass is 79.9. The Morgan fingerprint density at radius 1 is 1.50 bits per heavy atom. The maximum Gasteiger partial charge on any atom is 0.228 e. The molecule has 1 aromatic heterocycles. The summed E-state index contributed by atoms with van der Waals surface area (Å²) in [6, 6.07) is 4.61. The van der Waals surface area contributed by atoms with Crippen molar-refractivity contribution < 1.29 is 8.91 Å². The zero-order valence-electron chi connectivity index (χ0n) is 10.1. The van der Waals surface area contributed by atoms with Gasteiger partial charge in [-0.3, -0.25) is 0 Å². The molecule has 1 atom stereocenters. The lowest BCUT2D eigenvalue weighted by molar-refractivity contribution is 0.365. The SMILES string of the molecule is CNC(C)Cc1nc(-c2cc(F)ccc2Br)no1. The van der Waals surface area contributed by atoms with Crippen molar-refractivity contribution in [2.75, 3.05) is 7.05 Å². The summed E-state index contributed by atoms with van der Waals surface area (Å²) in [6.45, 7) is 2.02. The summed E-state index contributed by atoms with van der Waals surface area (Å²) in [7, 11) is 1.87. The molecule has 0 amide bonds. The van der Waals surface area contributed by atoms with E-state index >= 15 is 0 Å². The normalized spacial score (nSPS) is 12.7. The van der Waals surface area contributed by atoms with Crippen LogP contribution in [-0.4, -0.2) is 23.2 Å². The molecule has 0 fully saturated rings. The van der Waals surface area contributed by atoms with Gasteiger partial charge in [0.2, 0.25) is 11.7 Å². The summed E-state index contributed by atoms with van der Waals surface area (Å²) >= 11 is 3.34. The Morgan fingerprint density at radius 2 is 2.28 bits per heavy atom. The Kier molecular flexibility index (Phi) is 4.08. The number of halogens is 2. The van der Waals surface area contributed by atoms with Crippen molar-refractivity contribution in [3.8, 4) is 11.4 Å². The number of benzene rings is 1. The molecule has 0 bridgehead atoms. The predicted octanol–water partition coefficient (Wildman–Crippen LogP) is 2.79. The van der Waals surface area contributed by atoms with E-state index in [1.807, 2.05) is 14.0 Å². The Hall–Kier alpha value is -1.27. The molecule has 0 aliphatic heterocycles. The fraction of sp³-hybridized carbons (Fsp3) is 0.333. The van der Waals surface area contributed by atoms with Crippen LogP contribution < -0.4 is 5.32 Å². The van der Waals surface area contributed by atoms with Crippen LogP contribution in [0.4, 0.5) is 4.39 Å². The van der Waals surface area contributed by atoms with Crippen molar-refractivity contribution in [1.82, 2.24) is 15.5 Å². The van der Waals surface area contributed by atoms with Crippen LogP contribution in [0, 0.1) is 5.82 Å². The number of hydrogen-bond donors (Lipinski definition) is 1. The topological polar surface area (TPSA) is 51.0 Å². The van der Waals surface area contributed by atoms with Crippen LogP contribution >= 0.6 is 15.9 Å². The van der Waals surface area contributed by atoms with E-state index in [4.69, 9.17) is 4.52 Å². The second kappa shape index (κ2) is 5.58. The number of rotatable bonds is 4. The van der Waals surface area contributed by atoms with Crippen LogP contribution in [0.3, 0.4) is 0 Å². The minimum atomic E-state index is -0.330. The molecule has 18 heavy (non-hydrogen) atoms. The average molecular weight is 314 g/mol. The molecule has 1 N–H and O–H groups in total. The van der Waals surface area contributed by atoms with Gasteiger partial charge in [0.25, 0.3) is 0 Å². The molecule has 96 valence electrons. The molecular weight excluding hydrogens is 301 g/mol. The minimum Gasteiger partial charge on any atom is -0.339 e. The molecule has 1 unspecified atom stereocenters. The summed E-state index contributed by atoms with van der Waals surface area (Å²) in [6.07, 6.45) is 0.635. The number of hydrogen-bond acceptors (Lipinski definition) is 4. The van der Waals surface area contributed by atoms with Crippen LogP contribution in [0.5, 0.6) is 0 Å². The molecule has 2 aromatic rings. The predicted molar refractivity (Wildman–Crippen MR) is 69.6 cm³/mol. The smallest absolute Gasteiger partial charge is 0.228 e. The van der Waals surface area contributed by atoms with Crippen molar-refractivity contribution in [3.05, 3.63) is 34.4 Å². The van der Waals surface area contributed by atoms with E-state index in [1.165, 1.54) is 12.1 Å². The van der Waals surface area contributed by atoms with E-state index in [1.54, 1.807) is 6.07 Å². The van der Waals surface area contributed by atoms with Gasteiger partial charge in [-0.25, -0.2) is 4.39 Å². The van der Waals surface area contributed by atoms with Gasteiger partial charge in [0.05, 0.1) is 0 Å². The zero-order valence-corrected chi connectivity index (χ0v) is 11.7. The lowest BCUT2D eigenvalue weighted by Crippen LogP contribution is -2.23.